The molecule has 1 nitrogen and oxygen atoms in total. The van der Waals surface area contributed by atoms with E-state index >= 15 is 0 Å². The topological polar surface area (TPSA) is 3.24 Å². The Balaban J connectivity index is 0.00000196. The van der Waals surface area contributed by atoms with Gasteiger partial charge < -0.3 is 4.90 Å². The zero-order chi connectivity index (χ0) is 10.2. The van der Waals surface area contributed by atoms with Gasteiger partial charge in [-0.3, -0.25) is 0 Å². The molecule has 0 fully saturated rings. The number of allylic oxidation sites excluding steroid dienone is 1. The van der Waals surface area contributed by atoms with E-state index < -0.39 is 0 Å². The predicted octanol–water partition coefficient (Wildman–Crippen LogP) is 1.90. The molecule has 0 amide bonds. The van der Waals surface area contributed by atoms with Crippen LogP contribution in [-0.2, 0) is 6.42 Å². The van der Waals surface area contributed by atoms with Crippen molar-refractivity contribution in [2.24, 2.45) is 0 Å². The first-order valence-corrected chi connectivity index (χ1v) is 4.99. The molecule has 0 aromatic heterocycles. The van der Waals surface area contributed by atoms with Gasteiger partial charge in [-0.1, -0.05) is 42.5 Å². The molecular formula is C13H19LiN. The standard InChI is InChI=1S/C13H18N.Li.H/c1-3-4-11-14(2)12-10-13-8-6-5-7-9-13;;/h3-9H,1,10-12H2,2H3;;. The van der Waals surface area contributed by atoms with Gasteiger partial charge in [0.1, 0.15) is 0 Å². The summed E-state index contributed by atoms with van der Waals surface area (Å²) in [5.41, 5.74) is 1.40. The Bertz CT molecular complexity index is 269. The third kappa shape index (κ3) is 6.57. The summed E-state index contributed by atoms with van der Waals surface area (Å²) in [4.78, 5) is 2.29. The summed E-state index contributed by atoms with van der Waals surface area (Å²) in [7, 11) is 2.13. The van der Waals surface area contributed by atoms with Gasteiger partial charge >= 0.3 is 18.9 Å². The van der Waals surface area contributed by atoms with E-state index in [1.807, 2.05) is 6.08 Å². The van der Waals surface area contributed by atoms with E-state index in [0.29, 0.717) is 0 Å². The van der Waals surface area contributed by atoms with Crippen LogP contribution in [0.5, 0.6) is 0 Å². The Labute approximate surface area is 105 Å². The number of likely N-dealkylation sites (N-methyl/N-ethyl adjacent to an activating group) is 1. The van der Waals surface area contributed by atoms with Crippen LogP contribution in [0.15, 0.2) is 42.5 Å². The van der Waals surface area contributed by atoms with E-state index in [1.54, 1.807) is 0 Å². The fraction of sp³-hybridized carbons (Fsp3) is 0.308. The summed E-state index contributed by atoms with van der Waals surface area (Å²) in [5, 5.41) is 0. The van der Waals surface area contributed by atoms with E-state index in [1.165, 1.54) is 5.56 Å². The molecule has 0 saturated heterocycles. The van der Waals surface area contributed by atoms with Crippen molar-refractivity contribution in [1.82, 2.24) is 4.90 Å². The van der Waals surface area contributed by atoms with Crippen LogP contribution in [0.25, 0.3) is 0 Å². The number of hydrogen-bond donors (Lipinski definition) is 0. The molecule has 0 spiro atoms. The summed E-state index contributed by atoms with van der Waals surface area (Å²) in [6, 6.07) is 10.6. The van der Waals surface area contributed by atoms with Crippen LogP contribution in [0.3, 0.4) is 0 Å². The number of nitrogens with zero attached hydrogens (tertiary/aromatic N) is 1. The van der Waals surface area contributed by atoms with Crippen molar-refractivity contribution in [3.8, 4) is 0 Å². The molecule has 0 aliphatic rings. The first-order valence-electron chi connectivity index (χ1n) is 4.99. The Morgan fingerprint density at radius 3 is 2.53 bits per heavy atom. The van der Waals surface area contributed by atoms with E-state index in [9.17, 15) is 0 Å². The Morgan fingerprint density at radius 1 is 1.27 bits per heavy atom. The van der Waals surface area contributed by atoms with E-state index in [0.717, 1.165) is 19.5 Å². The van der Waals surface area contributed by atoms with Crippen LogP contribution in [0, 0.1) is 6.92 Å². The second-order valence-electron chi connectivity index (χ2n) is 3.47. The number of benzene rings is 1. The first kappa shape index (κ1) is 14.5. The van der Waals surface area contributed by atoms with Crippen LogP contribution in [0.2, 0.25) is 0 Å². The zero-order valence-electron chi connectivity index (χ0n) is 8.82. The Hall–Kier alpha value is -0.483. The number of rotatable bonds is 5. The van der Waals surface area contributed by atoms with Gasteiger partial charge in [-0.25, -0.2) is 0 Å². The van der Waals surface area contributed by atoms with Crippen molar-refractivity contribution in [1.29, 1.82) is 0 Å². The third-order valence-corrected chi connectivity index (χ3v) is 2.21. The summed E-state index contributed by atoms with van der Waals surface area (Å²) >= 11 is 0. The quantitative estimate of drug-likeness (QED) is 0.650. The molecule has 15 heavy (non-hydrogen) atoms. The van der Waals surface area contributed by atoms with E-state index in [2.05, 4.69) is 55.3 Å². The molecule has 0 atom stereocenters. The first-order chi connectivity index (χ1) is 6.83. The molecule has 1 radical (unpaired) electrons. The number of hydrogen-bond acceptors (Lipinski definition) is 1. The summed E-state index contributed by atoms with van der Waals surface area (Å²) in [6.07, 6.45) is 5.03. The van der Waals surface area contributed by atoms with Crippen molar-refractivity contribution in [3.63, 3.8) is 0 Å². The molecule has 0 aliphatic heterocycles. The summed E-state index contributed by atoms with van der Waals surface area (Å²) in [6.45, 7) is 5.74. The van der Waals surface area contributed by atoms with Crippen molar-refractivity contribution >= 4 is 18.9 Å². The molecular weight excluding hydrogens is 177 g/mol. The minimum atomic E-state index is 0. The molecule has 0 N–H and O–H groups in total. The van der Waals surface area contributed by atoms with Gasteiger partial charge in [0, 0.05) is 13.1 Å². The van der Waals surface area contributed by atoms with Crippen molar-refractivity contribution in [2.45, 2.75) is 6.42 Å². The fourth-order valence-electron chi connectivity index (χ4n) is 1.31. The molecule has 0 saturated carbocycles. The third-order valence-electron chi connectivity index (χ3n) is 2.21. The molecule has 1 rings (SSSR count). The monoisotopic (exact) mass is 196 g/mol. The van der Waals surface area contributed by atoms with Crippen molar-refractivity contribution in [3.05, 3.63) is 55.0 Å². The van der Waals surface area contributed by atoms with Gasteiger partial charge in [0.05, 0.1) is 0 Å². The average Bonchev–Trinajstić information content (AvgIpc) is 2.25. The normalized spacial score (nSPS) is 10.6. The minimum absolute atomic E-state index is 0. The van der Waals surface area contributed by atoms with Gasteiger partial charge in [-0.15, -0.1) is 0 Å². The zero-order valence-corrected chi connectivity index (χ0v) is 8.82. The molecule has 0 aliphatic carbocycles. The second kappa shape index (κ2) is 8.80. The van der Waals surface area contributed by atoms with Gasteiger partial charge in [0.2, 0.25) is 0 Å². The van der Waals surface area contributed by atoms with Crippen LogP contribution < -0.4 is 0 Å². The van der Waals surface area contributed by atoms with E-state index in [4.69, 9.17) is 0 Å². The second-order valence-corrected chi connectivity index (χ2v) is 3.47. The maximum atomic E-state index is 3.67. The van der Waals surface area contributed by atoms with Crippen LogP contribution >= 0.6 is 0 Å². The Kier molecular flexibility index (Phi) is 8.51. The van der Waals surface area contributed by atoms with Gasteiger partial charge in [-0.2, -0.15) is 0 Å². The molecule has 1 aromatic rings. The molecule has 77 valence electrons. The van der Waals surface area contributed by atoms with Gasteiger partial charge in [0.25, 0.3) is 0 Å². The summed E-state index contributed by atoms with van der Waals surface area (Å²) < 4.78 is 0. The molecule has 1 aromatic carbocycles. The maximum absolute atomic E-state index is 3.67. The SMILES string of the molecule is [CH2]C=CCN(C)CCc1ccccc1.[LiH]. The van der Waals surface area contributed by atoms with Crippen LogP contribution in [0.4, 0.5) is 0 Å². The van der Waals surface area contributed by atoms with Crippen LogP contribution in [-0.4, -0.2) is 43.9 Å². The van der Waals surface area contributed by atoms with Gasteiger partial charge in [0.15, 0.2) is 0 Å². The Morgan fingerprint density at radius 2 is 1.93 bits per heavy atom. The van der Waals surface area contributed by atoms with Gasteiger partial charge in [-0.05, 0) is 26.0 Å². The molecule has 2 heteroatoms. The molecule has 0 unspecified atom stereocenters. The molecule has 0 bridgehead atoms. The summed E-state index contributed by atoms with van der Waals surface area (Å²) in [5.74, 6) is 0. The van der Waals surface area contributed by atoms with E-state index in [-0.39, 0.29) is 18.9 Å². The predicted molar refractivity (Wildman–Crippen MR) is 69.3 cm³/mol. The fourth-order valence-corrected chi connectivity index (χ4v) is 1.31. The average molecular weight is 196 g/mol. The van der Waals surface area contributed by atoms with Crippen molar-refractivity contribution < 1.29 is 0 Å². The van der Waals surface area contributed by atoms with Crippen LogP contribution in [0.1, 0.15) is 5.56 Å². The molecule has 0 heterocycles. The van der Waals surface area contributed by atoms with Crippen molar-refractivity contribution in [2.75, 3.05) is 20.1 Å².